The Morgan fingerprint density at radius 3 is 3.00 bits per heavy atom. The summed E-state index contributed by atoms with van der Waals surface area (Å²) in [6.07, 6.45) is 2.29. The Labute approximate surface area is 157 Å². The van der Waals surface area contributed by atoms with Crippen molar-refractivity contribution in [3.05, 3.63) is 40.8 Å². The van der Waals surface area contributed by atoms with Crippen molar-refractivity contribution in [1.29, 1.82) is 0 Å². The van der Waals surface area contributed by atoms with E-state index in [1.165, 1.54) is 16.5 Å². The molecule has 1 fully saturated rings. The molecule has 2 aromatic heterocycles. The van der Waals surface area contributed by atoms with Crippen LogP contribution in [0.5, 0.6) is 0 Å². The van der Waals surface area contributed by atoms with Crippen molar-refractivity contribution in [3.63, 3.8) is 0 Å². The van der Waals surface area contributed by atoms with Gasteiger partial charge in [-0.25, -0.2) is 0 Å². The van der Waals surface area contributed by atoms with Crippen LogP contribution < -0.4 is 5.32 Å². The summed E-state index contributed by atoms with van der Waals surface area (Å²) in [6.45, 7) is 4.11. The van der Waals surface area contributed by atoms with Crippen molar-refractivity contribution < 1.29 is 5.11 Å². The number of anilines is 1. The van der Waals surface area contributed by atoms with E-state index in [2.05, 4.69) is 57.1 Å². The molecule has 0 spiro atoms. The SMILES string of the molecule is Cc1c(-c2ccc3ccsc3c2)nnc(N[C@@H]2CCCN(C)C2)c1CO. The first-order chi connectivity index (χ1) is 12.7. The Balaban J connectivity index is 1.67. The molecule has 1 atom stereocenters. The Morgan fingerprint density at radius 2 is 2.19 bits per heavy atom. The predicted molar refractivity (Wildman–Crippen MR) is 108 cm³/mol. The summed E-state index contributed by atoms with van der Waals surface area (Å²) in [5.74, 6) is 0.714. The highest BCUT2D eigenvalue weighted by Gasteiger charge is 2.20. The minimum absolute atomic E-state index is 0.0412. The van der Waals surface area contributed by atoms with Gasteiger partial charge < -0.3 is 15.3 Å². The van der Waals surface area contributed by atoms with Crippen LogP contribution in [0.4, 0.5) is 5.82 Å². The molecule has 1 aliphatic heterocycles. The fourth-order valence-corrected chi connectivity index (χ4v) is 4.55. The number of hydrogen-bond donors (Lipinski definition) is 2. The molecule has 4 rings (SSSR count). The quantitative estimate of drug-likeness (QED) is 0.736. The van der Waals surface area contributed by atoms with E-state index in [1.54, 1.807) is 11.3 Å². The molecule has 0 radical (unpaired) electrons. The third-order valence-electron chi connectivity index (χ3n) is 5.20. The van der Waals surface area contributed by atoms with Crippen LogP contribution in [0.25, 0.3) is 21.3 Å². The number of likely N-dealkylation sites (N-methyl/N-ethyl adjacent to an activating group) is 1. The maximum Gasteiger partial charge on any atom is 0.154 e. The second kappa shape index (κ2) is 7.31. The van der Waals surface area contributed by atoms with Gasteiger partial charge in [0.05, 0.1) is 12.3 Å². The van der Waals surface area contributed by atoms with E-state index < -0.39 is 0 Å². The van der Waals surface area contributed by atoms with Gasteiger partial charge in [0, 0.05) is 28.4 Å². The minimum Gasteiger partial charge on any atom is -0.392 e. The minimum atomic E-state index is -0.0412. The summed E-state index contributed by atoms with van der Waals surface area (Å²) in [5, 5.41) is 25.8. The van der Waals surface area contributed by atoms with Crippen LogP contribution >= 0.6 is 11.3 Å². The number of likely N-dealkylation sites (tertiary alicyclic amines) is 1. The van der Waals surface area contributed by atoms with Crippen molar-refractivity contribution in [2.45, 2.75) is 32.4 Å². The molecule has 5 nitrogen and oxygen atoms in total. The number of rotatable bonds is 4. The van der Waals surface area contributed by atoms with E-state index in [1.807, 2.05) is 6.92 Å². The Bertz CT molecular complexity index is 923. The third kappa shape index (κ3) is 3.32. The van der Waals surface area contributed by atoms with Crippen LogP contribution in [-0.4, -0.2) is 46.4 Å². The number of nitrogens with zero attached hydrogens (tertiary/aromatic N) is 3. The lowest BCUT2D eigenvalue weighted by Crippen LogP contribution is -2.40. The average Bonchev–Trinajstić information content (AvgIpc) is 3.10. The average molecular weight is 369 g/mol. The molecule has 0 amide bonds. The predicted octanol–water partition coefficient (Wildman–Crippen LogP) is 3.67. The first kappa shape index (κ1) is 17.4. The molecule has 0 saturated carbocycles. The van der Waals surface area contributed by atoms with Gasteiger partial charge in [-0.05, 0) is 61.8 Å². The molecular weight excluding hydrogens is 344 g/mol. The molecule has 1 aliphatic rings. The van der Waals surface area contributed by atoms with Crippen molar-refractivity contribution in [2.24, 2.45) is 0 Å². The van der Waals surface area contributed by atoms with Gasteiger partial charge in [-0.2, -0.15) is 0 Å². The zero-order valence-electron chi connectivity index (χ0n) is 15.2. The lowest BCUT2D eigenvalue weighted by Gasteiger charge is -2.31. The van der Waals surface area contributed by atoms with E-state index in [4.69, 9.17) is 0 Å². The van der Waals surface area contributed by atoms with Crippen molar-refractivity contribution in [1.82, 2.24) is 15.1 Å². The molecule has 0 bridgehead atoms. The van der Waals surface area contributed by atoms with Gasteiger partial charge in [-0.1, -0.05) is 12.1 Å². The van der Waals surface area contributed by atoms with Crippen molar-refractivity contribution in [2.75, 3.05) is 25.5 Å². The first-order valence-electron chi connectivity index (χ1n) is 9.05. The lowest BCUT2D eigenvalue weighted by molar-refractivity contribution is 0.259. The van der Waals surface area contributed by atoms with Crippen LogP contribution in [0.1, 0.15) is 24.0 Å². The van der Waals surface area contributed by atoms with Gasteiger partial charge in [0.1, 0.15) is 0 Å². The normalized spacial score (nSPS) is 18.3. The Morgan fingerprint density at radius 1 is 1.31 bits per heavy atom. The number of aromatic nitrogens is 2. The van der Waals surface area contributed by atoms with Gasteiger partial charge in [0.15, 0.2) is 5.82 Å². The van der Waals surface area contributed by atoms with Crippen molar-refractivity contribution in [3.8, 4) is 11.3 Å². The molecule has 136 valence electrons. The number of benzene rings is 1. The highest BCUT2D eigenvalue weighted by molar-refractivity contribution is 7.17. The number of fused-ring (bicyclic) bond motifs is 1. The second-order valence-electron chi connectivity index (χ2n) is 7.08. The van der Waals surface area contributed by atoms with Gasteiger partial charge in [0.2, 0.25) is 0 Å². The van der Waals surface area contributed by atoms with Crippen LogP contribution in [0.3, 0.4) is 0 Å². The number of aliphatic hydroxyl groups is 1. The number of nitrogens with one attached hydrogen (secondary N) is 1. The van der Waals surface area contributed by atoms with Crippen LogP contribution in [0, 0.1) is 6.92 Å². The first-order valence-corrected chi connectivity index (χ1v) is 9.93. The molecule has 1 saturated heterocycles. The van der Waals surface area contributed by atoms with Crippen LogP contribution in [0.15, 0.2) is 29.6 Å². The van der Waals surface area contributed by atoms with Gasteiger partial charge in [-0.3, -0.25) is 0 Å². The molecule has 2 N–H and O–H groups in total. The van der Waals surface area contributed by atoms with E-state index in [9.17, 15) is 5.11 Å². The Hall–Kier alpha value is -2.02. The second-order valence-corrected chi connectivity index (χ2v) is 8.03. The highest BCUT2D eigenvalue weighted by atomic mass is 32.1. The molecule has 1 aromatic carbocycles. The fourth-order valence-electron chi connectivity index (χ4n) is 3.72. The summed E-state index contributed by atoms with van der Waals surface area (Å²) in [6, 6.07) is 8.82. The number of thiophene rings is 1. The van der Waals surface area contributed by atoms with Crippen LogP contribution in [-0.2, 0) is 6.61 Å². The van der Waals surface area contributed by atoms with Crippen molar-refractivity contribution >= 4 is 27.2 Å². The van der Waals surface area contributed by atoms with E-state index in [0.717, 1.165) is 41.9 Å². The van der Waals surface area contributed by atoms with Gasteiger partial charge >= 0.3 is 0 Å². The standard InChI is InChI=1S/C20H24N4OS/c1-13-17(12-25)20(21-16-4-3-8-24(2)11-16)23-22-19(13)15-6-5-14-7-9-26-18(14)10-15/h5-7,9-10,16,25H,3-4,8,11-12H2,1-2H3,(H,21,23)/t16-/m1/s1. The lowest BCUT2D eigenvalue weighted by atomic mass is 10.0. The van der Waals surface area contributed by atoms with E-state index in [-0.39, 0.29) is 6.61 Å². The molecule has 3 aromatic rings. The zero-order valence-corrected chi connectivity index (χ0v) is 16.0. The Kier molecular flexibility index (Phi) is 4.89. The number of hydrogen-bond acceptors (Lipinski definition) is 6. The third-order valence-corrected chi connectivity index (χ3v) is 6.08. The van der Waals surface area contributed by atoms with E-state index >= 15 is 0 Å². The molecule has 0 aliphatic carbocycles. The fraction of sp³-hybridized carbons (Fsp3) is 0.400. The highest BCUT2D eigenvalue weighted by Crippen LogP contribution is 2.31. The summed E-state index contributed by atoms with van der Waals surface area (Å²) >= 11 is 1.72. The van der Waals surface area contributed by atoms with Gasteiger partial charge in [0.25, 0.3) is 0 Å². The maximum atomic E-state index is 9.97. The molecule has 3 heterocycles. The summed E-state index contributed by atoms with van der Waals surface area (Å²) in [5.41, 5.74) is 3.72. The molecule has 0 unspecified atom stereocenters. The zero-order chi connectivity index (χ0) is 18.1. The summed E-state index contributed by atoms with van der Waals surface area (Å²) < 4.78 is 1.24. The van der Waals surface area contributed by atoms with Crippen LogP contribution in [0.2, 0.25) is 0 Å². The van der Waals surface area contributed by atoms with Gasteiger partial charge in [-0.15, -0.1) is 21.5 Å². The largest absolute Gasteiger partial charge is 0.392 e. The molecular formula is C20H24N4OS. The monoisotopic (exact) mass is 368 g/mol. The topological polar surface area (TPSA) is 61.3 Å². The summed E-state index contributed by atoms with van der Waals surface area (Å²) in [4.78, 5) is 2.32. The molecule has 6 heteroatoms. The smallest absolute Gasteiger partial charge is 0.154 e. The van der Waals surface area contributed by atoms with E-state index in [0.29, 0.717) is 11.9 Å². The number of piperidine rings is 1. The number of aliphatic hydroxyl groups excluding tert-OH is 1. The maximum absolute atomic E-state index is 9.97. The molecule has 26 heavy (non-hydrogen) atoms. The summed E-state index contributed by atoms with van der Waals surface area (Å²) in [7, 11) is 2.14.